The molecular formula is C11H13Cl3FNO2. The molecule has 18 heavy (non-hydrogen) atoms. The zero-order valence-electron chi connectivity index (χ0n) is 9.53. The molecule has 0 aliphatic rings. The third-order valence-electron chi connectivity index (χ3n) is 2.16. The van der Waals surface area contributed by atoms with E-state index in [9.17, 15) is 9.18 Å². The maximum atomic E-state index is 13.7. The minimum absolute atomic E-state index is 0. The van der Waals surface area contributed by atoms with Gasteiger partial charge >= 0.3 is 5.97 Å². The Kier molecular flexibility index (Phi) is 7.55. The SMILES string of the molecule is CCOC(=O)C(F)[C@H](N)c1c(Cl)cccc1Cl.Cl. The first-order chi connectivity index (χ1) is 7.99. The summed E-state index contributed by atoms with van der Waals surface area (Å²) in [5.41, 5.74) is 5.83. The second-order valence-corrected chi connectivity index (χ2v) is 4.13. The number of halogens is 4. The lowest BCUT2D eigenvalue weighted by molar-refractivity contribution is -0.149. The van der Waals surface area contributed by atoms with Crippen molar-refractivity contribution in [3.05, 3.63) is 33.8 Å². The van der Waals surface area contributed by atoms with Crippen molar-refractivity contribution >= 4 is 41.6 Å². The zero-order chi connectivity index (χ0) is 13.0. The number of rotatable bonds is 4. The van der Waals surface area contributed by atoms with Gasteiger partial charge in [0.2, 0.25) is 6.17 Å². The minimum atomic E-state index is -1.99. The molecule has 0 saturated carbocycles. The molecule has 0 saturated heterocycles. The zero-order valence-corrected chi connectivity index (χ0v) is 11.9. The summed E-state index contributed by atoms with van der Waals surface area (Å²) in [7, 11) is 0. The van der Waals surface area contributed by atoms with Crippen LogP contribution < -0.4 is 5.73 Å². The summed E-state index contributed by atoms with van der Waals surface area (Å²) in [6.07, 6.45) is -1.99. The topological polar surface area (TPSA) is 52.3 Å². The van der Waals surface area contributed by atoms with Gasteiger partial charge in [-0.3, -0.25) is 0 Å². The quantitative estimate of drug-likeness (QED) is 0.867. The van der Waals surface area contributed by atoms with E-state index in [1.165, 1.54) is 12.1 Å². The molecule has 3 nitrogen and oxygen atoms in total. The summed E-state index contributed by atoms with van der Waals surface area (Å²) in [5.74, 6) is -1.02. The van der Waals surface area contributed by atoms with Crippen LogP contribution in [0.25, 0.3) is 0 Å². The molecule has 7 heteroatoms. The number of carbonyl (C=O) groups is 1. The fourth-order valence-electron chi connectivity index (χ4n) is 1.34. The van der Waals surface area contributed by atoms with E-state index < -0.39 is 18.2 Å². The van der Waals surface area contributed by atoms with Crippen LogP contribution in [-0.4, -0.2) is 18.7 Å². The lowest BCUT2D eigenvalue weighted by atomic mass is 10.0. The van der Waals surface area contributed by atoms with E-state index in [1.54, 1.807) is 13.0 Å². The highest BCUT2D eigenvalue weighted by atomic mass is 35.5. The number of hydrogen-bond donors (Lipinski definition) is 1. The van der Waals surface area contributed by atoms with Gasteiger partial charge in [-0.15, -0.1) is 12.4 Å². The second-order valence-electron chi connectivity index (χ2n) is 3.31. The van der Waals surface area contributed by atoms with Crippen molar-refractivity contribution in [2.24, 2.45) is 5.73 Å². The highest BCUT2D eigenvalue weighted by Gasteiger charge is 2.30. The molecule has 102 valence electrons. The van der Waals surface area contributed by atoms with Gasteiger partial charge in [0.15, 0.2) is 0 Å². The summed E-state index contributed by atoms with van der Waals surface area (Å²) < 4.78 is 18.3. The Bertz CT molecular complexity index is 397. The van der Waals surface area contributed by atoms with Gasteiger partial charge in [-0.05, 0) is 19.1 Å². The van der Waals surface area contributed by atoms with Gasteiger partial charge in [0.1, 0.15) is 0 Å². The Balaban J connectivity index is 0.00000289. The number of benzene rings is 1. The van der Waals surface area contributed by atoms with E-state index in [4.69, 9.17) is 28.9 Å². The predicted molar refractivity (Wildman–Crippen MR) is 72.2 cm³/mol. The Hall–Kier alpha value is -0.550. The number of alkyl halides is 1. The molecule has 0 aromatic heterocycles. The summed E-state index contributed by atoms with van der Waals surface area (Å²) >= 11 is 11.7. The molecule has 0 amide bonds. The molecule has 1 rings (SSSR count). The second kappa shape index (κ2) is 7.79. The molecule has 1 aromatic carbocycles. The lowest BCUT2D eigenvalue weighted by Crippen LogP contribution is -2.32. The average molecular weight is 317 g/mol. The molecule has 0 fully saturated rings. The molecule has 0 spiro atoms. The van der Waals surface area contributed by atoms with Gasteiger partial charge in [0, 0.05) is 15.6 Å². The predicted octanol–water partition coefficient (Wildman–Crippen LogP) is 3.32. The number of hydrogen-bond acceptors (Lipinski definition) is 3. The van der Waals surface area contributed by atoms with E-state index in [2.05, 4.69) is 4.74 Å². The molecule has 2 N–H and O–H groups in total. The summed E-state index contributed by atoms with van der Waals surface area (Å²) in [4.78, 5) is 11.2. The fraction of sp³-hybridized carbons (Fsp3) is 0.364. The first-order valence-electron chi connectivity index (χ1n) is 4.99. The first-order valence-corrected chi connectivity index (χ1v) is 5.74. The van der Waals surface area contributed by atoms with Gasteiger partial charge in [0.05, 0.1) is 12.6 Å². The van der Waals surface area contributed by atoms with Gasteiger partial charge in [-0.1, -0.05) is 29.3 Å². The Morgan fingerprint density at radius 3 is 2.39 bits per heavy atom. The van der Waals surface area contributed by atoms with E-state index >= 15 is 0 Å². The van der Waals surface area contributed by atoms with Crippen LogP contribution in [0.3, 0.4) is 0 Å². The van der Waals surface area contributed by atoms with Crippen LogP contribution in [0.15, 0.2) is 18.2 Å². The molecule has 1 aromatic rings. The average Bonchev–Trinajstić information content (AvgIpc) is 2.27. The summed E-state index contributed by atoms with van der Waals surface area (Å²) in [6.45, 7) is 1.67. The monoisotopic (exact) mass is 315 g/mol. The molecule has 0 radical (unpaired) electrons. The number of nitrogens with two attached hydrogens (primary N) is 1. The maximum absolute atomic E-state index is 13.7. The number of carbonyl (C=O) groups excluding carboxylic acids is 1. The van der Waals surface area contributed by atoms with Crippen LogP contribution in [-0.2, 0) is 9.53 Å². The smallest absolute Gasteiger partial charge is 0.342 e. The van der Waals surface area contributed by atoms with Crippen LogP contribution in [0.5, 0.6) is 0 Å². The van der Waals surface area contributed by atoms with E-state index in [1.807, 2.05) is 0 Å². The summed E-state index contributed by atoms with van der Waals surface area (Å²) in [5, 5.41) is 0.439. The molecule has 2 atom stereocenters. The van der Waals surface area contributed by atoms with Gasteiger partial charge in [-0.25, -0.2) is 9.18 Å². The van der Waals surface area contributed by atoms with Crippen molar-refractivity contribution in [3.8, 4) is 0 Å². The highest BCUT2D eigenvalue weighted by Crippen LogP contribution is 2.31. The number of esters is 1. The van der Waals surface area contributed by atoms with Crippen molar-refractivity contribution in [1.82, 2.24) is 0 Å². The van der Waals surface area contributed by atoms with Crippen molar-refractivity contribution < 1.29 is 13.9 Å². The molecule has 0 bridgehead atoms. The van der Waals surface area contributed by atoms with Crippen LogP contribution in [0.2, 0.25) is 10.0 Å². The van der Waals surface area contributed by atoms with Crippen LogP contribution in [0.1, 0.15) is 18.5 Å². The first kappa shape index (κ1) is 17.4. The third kappa shape index (κ3) is 3.99. The standard InChI is InChI=1S/C11H12Cl2FNO2.ClH/c1-2-17-11(16)9(14)10(15)8-6(12)4-3-5-7(8)13;/h3-5,9-10H,2,15H2,1H3;1H/t9?,10-;/m1./s1. The summed E-state index contributed by atoms with van der Waals surface area (Å²) in [6, 6.07) is 3.43. The van der Waals surface area contributed by atoms with E-state index in [0.29, 0.717) is 0 Å². The normalized spacial score (nSPS) is 13.4. The van der Waals surface area contributed by atoms with E-state index in [-0.39, 0.29) is 34.6 Å². The molecular weight excluding hydrogens is 303 g/mol. The third-order valence-corrected chi connectivity index (χ3v) is 2.82. The minimum Gasteiger partial charge on any atom is -0.464 e. The number of ether oxygens (including phenoxy) is 1. The van der Waals surface area contributed by atoms with Crippen LogP contribution in [0, 0.1) is 0 Å². The fourth-order valence-corrected chi connectivity index (χ4v) is 1.99. The maximum Gasteiger partial charge on any atom is 0.342 e. The largest absolute Gasteiger partial charge is 0.464 e. The van der Waals surface area contributed by atoms with Crippen molar-refractivity contribution in [3.63, 3.8) is 0 Å². The Labute approximate surface area is 121 Å². The lowest BCUT2D eigenvalue weighted by Gasteiger charge is -2.18. The van der Waals surface area contributed by atoms with Gasteiger partial charge in [0.25, 0.3) is 0 Å². The molecule has 0 heterocycles. The Morgan fingerprint density at radius 2 is 1.94 bits per heavy atom. The highest BCUT2D eigenvalue weighted by molar-refractivity contribution is 6.36. The van der Waals surface area contributed by atoms with Gasteiger partial charge < -0.3 is 10.5 Å². The van der Waals surface area contributed by atoms with Crippen LogP contribution in [0.4, 0.5) is 4.39 Å². The Morgan fingerprint density at radius 1 is 1.44 bits per heavy atom. The van der Waals surface area contributed by atoms with Crippen molar-refractivity contribution in [2.75, 3.05) is 6.61 Å². The molecule has 0 aliphatic heterocycles. The van der Waals surface area contributed by atoms with Crippen molar-refractivity contribution in [2.45, 2.75) is 19.1 Å². The van der Waals surface area contributed by atoms with Gasteiger partial charge in [-0.2, -0.15) is 0 Å². The van der Waals surface area contributed by atoms with Crippen LogP contribution >= 0.6 is 35.6 Å². The van der Waals surface area contributed by atoms with E-state index in [0.717, 1.165) is 0 Å². The molecule has 0 aliphatic carbocycles. The molecule has 1 unspecified atom stereocenters. The van der Waals surface area contributed by atoms with Crippen molar-refractivity contribution in [1.29, 1.82) is 0 Å².